The van der Waals surface area contributed by atoms with Crippen LogP contribution in [0, 0.1) is 0 Å². The van der Waals surface area contributed by atoms with Crippen molar-refractivity contribution in [3.8, 4) is 0 Å². The van der Waals surface area contributed by atoms with E-state index in [2.05, 4.69) is 21.4 Å². The van der Waals surface area contributed by atoms with Gasteiger partial charge in [-0.2, -0.15) is 5.10 Å². The normalized spacial score (nSPS) is 22.2. The van der Waals surface area contributed by atoms with E-state index in [9.17, 15) is 13.2 Å². The van der Waals surface area contributed by atoms with Gasteiger partial charge in [-0.15, -0.1) is 0 Å². The van der Waals surface area contributed by atoms with Gasteiger partial charge in [0, 0.05) is 55.2 Å². The van der Waals surface area contributed by atoms with Crippen LogP contribution in [0.3, 0.4) is 0 Å². The summed E-state index contributed by atoms with van der Waals surface area (Å²) in [6, 6.07) is 4.63. The average molecular weight is 594 g/mol. The molecule has 0 saturated carbocycles. The van der Waals surface area contributed by atoms with E-state index in [1.807, 2.05) is 19.2 Å². The molecule has 14 heteroatoms. The fourth-order valence-electron chi connectivity index (χ4n) is 5.00. The van der Waals surface area contributed by atoms with Crippen molar-refractivity contribution in [1.82, 2.24) is 14.8 Å². The summed E-state index contributed by atoms with van der Waals surface area (Å²) in [5.41, 5.74) is 7.55. The first-order chi connectivity index (χ1) is 19.0. The predicted molar refractivity (Wildman–Crippen MR) is 157 cm³/mol. The van der Waals surface area contributed by atoms with Crippen LogP contribution in [0.5, 0.6) is 0 Å². The summed E-state index contributed by atoms with van der Waals surface area (Å²) in [6.07, 6.45) is 9.11. The molecule has 0 aromatic heterocycles. The third kappa shape index (κ3) is 8.05. The Morgan fingerprint density at radius 3 is 2.67 bits per heavy atom. The first-order valence-corrected chi connectivity index (χ1v) is 15.1. The second-order valence-electron chi connectivity index (χ2n) is 9.84. The van der Waals surface area contributed by atoms with Gasteiger partial charge in [0.1, 0.15) is 5.84 Å². The minimum absolute atomic E-state index is 0.0867. The summed E-state index contributed by atoms with van der Waals surface area (Å²) < 4.78 is 26.2. The predicted octanol–water partition coefficient (Wildman–Crippen LogP) is 2.91. The zero-order valence-corrected chi connectivity index (χ0v) is 24.2. The Morgan fingerprint density at radius 2 is 2.05 bits per heavy atom. The molecule has 2 saturated heterocycles. The van der Waals surface area contributed by atoms with Crippen molar-refractivity contribution in [2.24, 2.45) is 15.8 Å². The lowest BCUT2D eigenvalue weighted by Gasteiger charge is -2.36. The first kappa shape index (κ1) is 31.1. The second-order valence-corrected chi connectivity index (χ2v) is 12.0. The Kier molecular flexibility index (Phi) is 10.7. The minimum Gasteiger partial charge on any atom is -0.483 e. The lowest BCUT2D eigenvalue weighted by Crippen LogP contribution is -2.44. The Balaban J connectivity index is 0.00000141. The van der Waals surface area contributed by atoms with Crippen molar-refractivity contribution in [2.45, 2.75) is 51.1 Å². The van der Waals surface area contributed by atoms with E-state index in [0.29, 0.717) is 23.8 Å². The van der Waals surface area contributed by atoms with Gasteiger partial charge in [-0.25, -0.2) is 18.4 Å². The first-order valence-electron chi connectivity index (χ1n) is 12.9. The number of sulfonamides is 1. The van der Waals surface area contributed by atoms with E-state index >= 15 is 0 Å². The van der Waals surface area contributed by atoms with Crippen molar-refractivity contribution >= 4 is 52.2 Å². The second kappa shape index (κ2) is 13.8. The van der Waals surface area contributed by atoms with Crippen LogP contribution in [0.4, 0.5) is 5.69 Å². The van der Waals surface area contributed by atoms with Gasteiger partial charge in [0.2, 0.25) is 10.0 Å². The minimum atomic E-state index is -3.57. The third-order valence-corrected chi connectivity index (χ3v) is 7.59. The number of likely N-dealkylation sites (tertiary alicyclic amines) is 2. The third-order valence-electron chi connectivity index (χ3n) is 6.77. The van der Waals surface area contributed by atoms with Crippen LogP contribution < -0.4 is 10.5 Å². The molecule has 1 aromatic carbocycles. The molecular weight excluding hydrogens is 558 g/mol. The molecule has 3 aliphatic heterocycles. The van der Waals surface area contributed by atoms with Crippen LogP contribution >= 0.6 is 11.6 Å². The average Bonchev–Trinajstić information content (AvgIpc) is 3.34. The highest BCUT2D eigenvalue weighted by Crippen LogP contribution is 2.29. The number of nitrogens with two attached hydrogens (primary N) is 1. The van der Waals surface area contributed by atoms with E-state index in [1.54, 1.807) is 16.0 Å². The smallest absolute Gasteiger partial charge is 0.290 e. The maximum atomic E-state index is 13.7. The lowest BCUT2D eigenvalue weighted by molar-refractivity contribution is -0.122. The molecule has 1 amide bonds. The molecule has 1 aromatic rings. The highest BCUT2D eigenvalue weighted by molar-refractivity contribution is 7.92. The van der Waals surface area contributed by atoms with Crippen LogP contribution in [0.15, 0.2) is 52.0 Å². The van der Waals surface area contributed by atoms with E-state index in [1.165, 1.54) is 12.1 Å². The standard InChI is InChI=1S/C25H34ClN7O3S.CH2O2/c1-17-15-33(28-2)23(29-24(17)31-13-11-19(27)16-31)10-8-20-6-4-5-12-32(20)25(34)21-14-18(26)7-9-22(21)30-37(3,35)36;2-1-3/h7,9-10,14-15,19-20,30H,2,4-6,8,11-13,16,27H2,1,3H3;1H,(H,2,3)/b23-10-;/t19-,20-;/m0./s1. The lowest BCUT2D eigenvalue weighted by atomic mass is 9.97. The summed E-state index contributed by atoms with van der Waals surface area (Å²) in [7, 11) is -3.57. The number of nitrogens with one attached hydrogen (secondary N) is 1. The van der Waals surface area contributed by atoms with E-state index < -0.39 is 10.0 Å². The van der Waals surface area contributed by atoms with Gasteiger partial charge in [0.05, 0.1) is 17.5 Å². The summed E-state index contributed by atoms with van der Waals surface area (Å²) >= 11 is 6.18. The number of carbonyl (C=O) groups excluding carboxylic acids is 1. The number of carbonyl (C=O) groups is 2. The fourth-order valence-corrected chi connectivity index (χ4v) is 5.75. The Labute approximate surface area is 239 Å². The number of anilines is 1. The number of amides is 1. The van der Waals surface area contributed by atoms with Gasteiger partial charge in [0.15, 0.2) is 5.82 Å². The zero-order chi connectivity index (χ0) is 29.4. The van der Waals surface area contributed by atoms with Gasteiger partial charge in [0.25, 0.3) is 12.4 Å². The summed E-state index contributed by atoms with van der Waals surface area (Å²) in [5.74, 6) is 1.27. The molecule has 12 nitrogen and oxygen atoms in total. The number of hydrogen-bond donors (Lipinski definition) is 3. The molecule has 3 heterocycles. The number of hydrazone groups is 1. The molecule has 2 atom stereocenters. The number of carboxylic acid groups (broad SMARTS) is 1. The van der Waals surface area contributed by atoms with Crippen LogP contribution in [0.25, 0.3) is 0 Å². The molecule has 0 unspecified atom stereocenters. The topological polar surface area (TPSA) is 161 Å². The van der Waals surface area contributed by atoms with E-state index in [4.69, 9.17) is 32.2 Å². The van der Waals surface area contributed by atoms with Crippen molar-refractivity contribution in [3.63, 3.8) is 0 Å². The fraction of sp³-hybridized carbons (Fsp3) is 0.462. The molecule has 0 aliphatic carbocycles. The SMILES string of the molecule is C=NN1C=C(C)C(N2CC[C@H](N)C2)=N/C1=C/C[C@@H]1CCCCN1C(=O)c1cc(Cl)ccc1NS(C)(=O)=O.O=CO. The maximum absolute atomic E-state index is 13.7. The Hall–Kier alpha value is -3.42. The van der Waals surface area contributed by atoms with Crippen molar-refractivity contribution in [3.05, 3.63) is 52.5 Å². The summed E-state index contributed by atoms with van der Waals surface area (Å²) in [6.45, 7) is 7.61. The number of nitrogens with zero attached hydrogens (tertiary/aromatic N) is 5. The Bertz CT molecular complexity index is 1310. The number of hydrogen-bond acceptors (Lipinski definition) is 9. The maximum Gasteiger partial charge on any atom is 0.290 e. The molecule has 0 radical (unpaired) electrons. The van der Waals surface area contributed by atoms with Gasteiger partial charge in [-0.05, 0) is 63.3 Å². The van der Waals surface area contributed by atoms with Crippen LogP contribution in [-0.4, -0.2) is 91.2 Å². The quantitative estimate of drug-likeness (QED) is 0.335. The summed E-state index contributed by atoms with van der Waals surface area (Å²) in [4.78, 5) is 30.9. The monoisotopic (exact) mass is 593 g/mol. The molecule has 40 heavy (non-hydrogen) atoms. The molecular formula is C26H36ClN7O5S. The summed E-state index contributed by atoms with van der Waals surface area (Å²) in [5, 5.41) is 13.0. The van der Waals surface area contributed by atoms with Crippen LogP contribution in [0.1, 0.15) is 49.4 Å². The molecule has 4 rings (SSSR count). The zero-order valence-electron chi connectivity index (χ0n) is 22.7. The Morgan fingerprint density at radius 1 is 1.32 bits per heavy atom. The number of rotatable bonds is 6. The molecule has 3 aliphatic rings. The number of benzene rings is 1. The molecule has 2 fully saturated rings. The van der Waals surface area contributed by atoms with Gasteiger partial charge < -0.3 is 20.6 Å². The number of halogens is 1. The number of aliphatic imine (C=N–C) groups is 1. The van der Waals surface area contributed by atoms with Crippen molar-refractivity contribution in [2.75, 3.05) is 30.6 Å². The van der Waals surface area contributed by atoms with Crippen molar-refractivity contribution < 1.29 is 23.1 Å². The van der Waals surface area contributed by atoms with Gasteiger partial charge in [-0.3, -0.25) is 14.3 Å². The van der Waals surface area contributed by atoms with Crippen molar-refractivity contribution in [1.29, 1.82) is 0 Å². The molecule has 218 valence electrons. The number of amidine groups is 1. The molecule has 4 N–H and O–H groups in total. The van der Waals surface area contributed by atoms with Gasteiger partial charge in [-0.1, -0.05) is 11.6 Å². The van der Waals surface area contributed by atoms with E-state index in [0.717, 1.165) is 56.4 Å². The van der Waals surface area contributed by atoms with Crippen LogP contribution in [-0.2, 0) is 14.8 Å². The van der Waals surface area contributed by atoms with E-state index in [-0.39, 0.29) is 35.7 Å². The van der Waals surface area contributed by atoms with Gasteiger partial charge >= 0.3 is 0 Å². The van der Waals surface area contributed by atoms with Crippen LogP contribution in [0.2, 0.25) is 5.02 Å². The highest BCUT2D eigenvalue weighted by atomic mass is 35.5. The molecule has 0 spiro atoms. The largest absolute Gasteiger partial charge is 0.483 e. The number of piperidine rings is 1. The molecule has 0 bridgehead atoms. The highest BCUT2D eigenvalue weighted by Gasteiger charge is 2.30.